The summed E-state index contributed by atoms with van der Waals surface area (Å²) in [6.45, 7) is 2.75. The standard InChI is InChI=1S/C13H19NO4S/c1-13(5-6-18-10-13)14-19(16,17)9-12-4-2-3-11(7-12)8-15/h2-4,7,14-15H,5-6,8-10H2,1H3. The third-order valence-electron chi connectivity index (χ3n) is 3.15. The molecule has 5 nitrogen and oxygen atoms in total. The molecule has 1 saturated heterocycles. The molecule has 0 saturated carbocycles. The summed E-state index contributed by atoms with van der Waals surface area (Å²) in [6, 6.07) is 6.95. The van der Waals surface area contributed by atoms with Crippen molar-refractivity contribution >= 4 is 10.0 Å². The zero-order chi connectivity index (χ0) is 13.9. The number of nitrogens with one attached hydrogen (secondary N) is 1. The molecule has 0 aliphatic carbocycles. The zero-order valence-corrected chi connectivity index (χ0v) is 11.7. The molecule has 0 amide bonds. The van der Waals surface area contributed by atoms with E-state index in [1.165, 1.54) is 0 Å². The van der Waals surface area contributed by atoms with Gasteiger partial charge in [-0.25, -0.2) is 13.1 Å². The van der Waals surface area contributed by atoms with E-state index in [9.17, 15) is 8.42 Å². The van der Waals surface area contributed by atoms with Crippen LogP contribution in [-0.2, 0) is 27.1 Å². The zero-order valence-electron chi connectivity index (χ0n) is 10.9. The number of rotatable bonds is 5. The van der Waals surface area contributed by atoms with Crippen molar-refractivity contribution in [2.75, 3.05) is 13.2 Å². The molecule has 1 aromatic rings. The van der Waals surface area contributed by atoms with E-state index >= 15 is 0 Å². The highest BCUT2D eigenvalue weighted by atomic mass is 32.2. The van der Waals surface area contributed by atoms with Crippen molar-refractivity contribution in [2.45, 2.75) is 31.2 Å². The fourth-order valence-corrected chi connectivity index (χ4v) is 3.80. The molecule has 1 aliphatic rings. The summed E-state index contributed by atoms with van der Waals surface area (Å²) in [7, 11) is -3.41. The Balaban J connectivity index is 2.08. The Morgan fingerprint density at radius 2 is 2.16 bits per heavy atom. The minimum Gasteiger partial charge on any atom is -0.392 e. The van der Waals surface area contributed by atoms with Gasteiger partial charge in [-0.2, -0.15) is 0 Å². The number of sulfonamides is 1. The van der Waals surface area contributed by atoms with Crippen molar-refractivity contribution in [1.82, 2.24) is 4.72 Å². The molecule has 2 N–H and O–H groups in total. The van der Waals surface area contributed by atoms with Crippen molar-refractivity contribution in [3.05, 3.63) is 35.4 Å². The highest BCUT2D eigenvalue weighted by Crippen LogP contribution is 2.20. The summed E-state index contributed by atoms with van der Waals surface area (Å²) in [5.74, 6) is -0.0869. The molecular weight excluding hydrogens is 266 g/mol. The van der Waals surface area contributed by atoms with E-state index in [2.05, 4.69) is 4.72 Å². The van der Waals surface area contributed by atoms with E-state index in [0.717, 1.165) is 0 Å². The van der Waals surface area contributed by atoms with Crippen LogP contribution in [0, 0.1) is 0 Å². The first-order valence-corrected chi connectivity index (χ1v) is 7.86. The van der Waals surface area contributed by atoms with Crippen LogP contribution in [0.3, 0.4) is 0 Å². The molecule has 1 fully saturated rings. The SMILES string of the molecule is CC1(NS(=O)(=O)Cc2cccc(CO)c2)CCOC1. The van der Waals surface area contributed by atoms with Crippen LogP contribution in [0.1, 0.15) is 24.5 Å². The van der Waals surface area contributed by atoms with Crippen molar-refractivity contribution in [3.8, 4) is 0 Å². The van der Waals surface area contributed by atoms with Gasteiger partial charge in [0.05, 0.1) is 24.5 Å². The lowest BCUT2D eigenvalue weighted by atomic mass is 10.0. The van der Waals surface area contributed by atoms with Crippen molar-refractivity contribution in [3.63, 3.8) is 0 Å². The lowest BCUT2D eigenvalue weighted by molar-refractivity contribution is 0.178. The molecule has 1 aromatic carbocycles. The smallest absolute Gasteiger partial charge is 0.216 e. The van der Waals surface area contributed by atoms with E-state index in [4.69, 9.17) is 9.84 Å². The van der Waals surface area contributed by atoms with E-state index in [0.29, 0.717) is 30.8 Å². The maximum Gasteiger partial charge on any atom is 0.216 e. The van der Waals surface area contributed by atoms with E-state index < -0.39 is 15.6 Å². The number of hydrogen-bond acceptors (Lipinski definition) is 4. The van der Waals surface area contributed by atoms with Crippen LogP contribution in [0.25, 0.3) is 0 Å². The fraction of sp³-hybridized carbons (Fsp3) is 0.538. The maximum atomic E-state index is 12.1. The summed E-state index contributed by atoms with van der Waals surface area (Å²) in [6.07, 6.45) is 0.683. The predicted octanol–water partition coefficient (Wildman–Crippen LogP) is 0.777. The summed E-state index contributed by atoms with van der Waals surface area (Å²) in [5, 5.41) is 9.05. The van der Waals surface area contributed by atoms with Crippen LogP contribution < -0.4 is 4.72 Å². The minimum absolute atomic E-state index is 0.0869. The molecule has 19 heavy (non-hydrogen) atoms. The third-order valence-corrected chi connectivity index (χ3v) is 4.67. The molecule has 0 spiro atoms. The van der Waals surface area contributed by atoms with Gasteiger partial charge in [-0.15, -0.1) is 0 Å². The van der Waals surface area contributed by atoms with Gasteiger partial charge in [0.2, 0.25) is 10.0 Å². The largest absolute Gasteiger partial charge is 0.392 e. The second-order valence-electron chi connectivity index (χ2n) is 5.20. The van der Waals surface area contributed by atoms with Crippen molar-refractivity contribution in [2.24, 2.45) is 0 Å². The van der Waals surface area contributed by atoms with Crippen molar-refractivity contribution in [1.29, 1.82) is 0 Å². The number of aliphatic hydroxyl groups excluding tert-OH is 1. The summed E-state index contributed by atoms with van der Waals surface area (Å²) >= 11 is 0. The van der Waals surface area contributed by atoms with Gasteiger partial charge in [0.1, 0.15) is 0 Å². The minimum atomic E-state index is -3.41. The molecule has 1 heterocycles. The van der Waals surface area contributed by atoms with Crippen molar-refractivity contribution < 1.29 is 18.3 Å². The topological polar surface area (TPSA) is 75.6 Å². The Hall–Kier alpha value is -0.950. The van der Waals surface area contributed by atoms with Crippen LogP contribution >= 0.6 is 0 Å². The summed E-state index contributed by atoms with van der Waals surface area (Å²) in [4.78, 5) is 0. The normalized spacial score (nSPS) is 23.7. The predicted molar refractivity (Wildman–Crippen MR) is 72.0 cm³/mol. The van der Waals surface area contributed by atoms with Crippen LogP contribution in [0.15, 0.2) is 24.3 Å². The molecule has 1 unspecified atom stereocenters. The van der Waals surface area contributed by atoms with Gasteiger partial charge >= 0.3 is 0 Å². The lowest BCUT2D eigenvalue weighted by Gasteiger charge is -2.23. The number of ether oxygens (including phenoxy) is 1. The monoisotopic (exact) mass is 285 g/mol. The Bertz CT molecular complexity index is 535. The van der Waals surface area contributed by atoms with E-state index in [1.807, 2.05) is 6.92 Å². The Morgan fingerprint density at radius 1 is 1.42 bits per heavy atom. The van der Waals surface area contributed by atoms with Gasteiger partial charge in [0.25, 0.3) is 0 Å². The quantitative estimate of drug-likeness (QED) is 0.838. The molecule has 0 radical (unpaired) electrons. The second kappa shape index (κ2) is 5.58. The Labute approximate surface area is 113 Å². The summed E-state index contributed by atoms with van der Waals surface area (Å²) in [5.41, 5.74) is 0.873. The number of hydrogen-bond donors (Lipinski definition) is 2. The average molecular weight is 285 g/mol. The fourth-order valence-electron chi connectivity index (χ4n) is 2.20. The first-order valence-electron chi connectivity index (χ1n) is 6.21. The average Bonchev–Trinajstić information content (AvgIpc) is 2.74. The van der Waals surface area contributed by atoms with Crippen LogP contribution in [-0.4, -0.2) is 32.3 Å². The van der Waals surface area contributed by atoms with Gasteiger partial charge < -0.3 is 9.84 Å². The Morgan fingerprint density at radius 3 is 2.79 bits per heavy atom. The molecule has 1 aliphatic heterocycles. The summed E-state index contributed by atoms with van der Waals surface area (Å²) < 4.78 is 32.2. The van der Waals surface area contributed by atoms with E-state index in [1.54, 1.807) is 24.3 Å². The van der Waals surface area contributed by atoms with Gasteiger partial charge in [-0.05, 0) is 24.5 Å². The van der Waals surface area contributed by atoms with Gasteiger partial charge in [0, 0.05) is 6.61 Å². The van der Waals surface area contributed by atoms with Crippen LogP contribution in [0.4, 0.5) is 0 Å². The van der Waals surface area contributed by atoms with E-state index in [-0.39, 0.29) is 12.4 Å². The molecular formula is C13H19NO4S. The molecule has 0 bridgehead atoms. The lowest BCUT2D eigenvalue weighted by Crippen LogP contribution is -2.46. The molecule has 2 rings (SSSR count). The molecule has 6 heteroatoms. The van der Waals surface area contributed by atoms with Gasteiger partial charge in [-0.1, -0.05) is 24.3 Å². The maximum absolute atomic E-state index is 12.1. The third kappa shape index (κ3) is 4.01. The molecule has 1 atom stereocenters. The highest BCUT2D eigenvalue weighted by molar-refractivity contribution is 7.88. The van der Waals surface area contributed by atoms with Gasteiger partial charge in [-0.3, -0.25) is 0 Å². The van der Waals surface area contributed by atoms with Gasteiger partial charge in [0.15, 0.2) is 0 Å². The number of aliphatic hydroxyl groups is 1. The first-order chi connectivity index (χ1) is 8.92. The molecule has 106 valence electrons. The first kappa shape index (κ1) is 14.5. The molecule has 0 aromatic heterocycles. The van der Waals surface area contributed by atoms with Crippen LogP contribution in [0.2, 0.25) is 0 Å². The second-order valence-corrected chi connectivity index (χ2v) is 6.92. The number of benzene rings is 1. The Kier molecular flexibility index (Phi) is 4.25. The van der Waals surface area contributed by atoms with Crippen LogP contribution in [0.5, 0.6) is 0 Å². The highest BCUT2D eigenvalue weighted by Gasteiger charge is 2.33.